The van der Waals surface area contributed by atoms with Crippen molar-refractivity contribution in [3.8, 4) is 17.2 Å². The molecule has 0 aliphatic rings. The van der Waals surface area contributed by atoms with Crippen molar-refractivity contribution < 1.29 is 26.3 Å². The average molecular weight is 635 g/mol. The highest BCUT2D eigenvalue weighted by molar-refractivity contribution is 7.91. The molecule has 4 aromatic carbocycles. The first kappa shape index (κ1) is 33.3. The van der Waals surface area contributed by atoms with E-state index in [1.807, 2.05) is 19.1 Å². The molecule has 8 heteroatoms. The Kier molecular flexibility index (Phi) is 9.96. The molecule has 0 unspecified atom stereocenters. The molecule has 0 saturated carbocycles. The summed E-state index contributed by atoms with van der Waals surface area (Å²) in [5, 5.41) is 0. The van der Waals surface area contributed by atoms with E-state index < -0.39 is 19.7 Å². The summed E-state index contributed by atoms with van der Waals surface area (Å²) in [6, 6.07) is 25.9. The second-order valence-electron chi connectivity index (χ2n) is 11.6. The van der Waals surface area contributed by atoms with Gasteiger partial charge in [-0.2, -0.15) is 0 Å². The Morgan fingerprint density at radius 1 is 0.477 bits per heavy atom. The minimum Gasteiger partial charge on any atom is -0.488 e. The van der Waals surface area contributed by atoms with Crippen LogP contribution in [-0.4, -0.2) is 22.4 Å². The quantitative estimate of drug-likeness (QED) is 0.146. The molecule has 234 valence electrons. The maximum atomic E-state index is 13.3. The molecule has 0 amide bonds. The summed E-state index contributed by atoms with van der Waals surface area (Å²) in [4.78, 5) is 0.711. The molecule has 0 aliphatic carbocycles. The first-order valence-corrected chi connectivity index (χ1v) is 18.0. The van der Waals surface area contributed by atoms with Crippen molar-refractivity contribution >= 4 is 19.7 Å². The lowest BCUT2D eigenvalue weighted by atomic mass is 9.78. The van der Waals surface area contributed by atoms with Gasteiger partial charge in [-0.25, -0.2) is 16.8 Å². The number of ether oxygens (including phenoxy) is 2. The Morgan fingerprint density at radius 2 is 0.795 bits per heavy atom. The summed E-state index contributed by atoms with van der Waals surface area (Å²) in [5.74, 6) is 1.48. The van der Waals surface area contributed by atoms with E-state index in [2.05, 4.69) is 34.6 Å². The number of benzene rings is 4. The monoisotopic (exact) mass is 634 g/mol. The third-order valence-corrected chi connectivity index (χ3v) is 12.5. The van der Waals surface area contributed by atoms with Crippen molar-refractivity contribution in [2.75, 3.05) is 0 Å². The summed E-state index contributed by atoms with van der Waals surface area (Å²) < 4.78 is 64.9. The van der Waals surface area contributed by atoms with Crippen LogP contribution >= 0.6 is 0 Å². The molecule has 0 aromatic heterocycles. The van der Waals surface area contributed by atoms with Gasteiger partial charge in [0.2, 0.25) is 19.7 Å². The van der Waals surface area contributed by atoms with Gasteiger partial charge in [0.1, 0.15) is 22.8 Å². The van der Waals surface area contributed by atoms with Crippen molar-refractivity contribution in [2.24, 2.45) is 0 Å². The highest BCUT2D eigenvalue weighted by atomic mass is 32.2. The van der Waals surface area contributed by atoms with Crippen LogP contribution in [-0.2, 0) is 25.1 Å². The molecule has 4 aromatic rings. The fourth-order valence-corrected chi connectivity index (χ4v) is 7.36. The molecule has 0 saturated heterocycles. The first-order chi connectivity index (χ1) is 20.8. The molecule has 0 aliphatic heterocycles. The minimum atomic E-state index is -3.74. The van der Waals surface area contributed by atoms with Crippen molar-refractivity contribution in [1.29, 1.82) is 0 Å². The highest BCUT2D eigenvalue weighted by Crippen LogP contribution is 2.33. The molecular weight excluding hydrogens is 593 g/mol. The van der Waals surface area contributed by atoms with Crippen LogP contribution in [0.1, 0.15) is 72.8 Å². The largest absolute Gasteiger partial charge is 0.488 e. The average Bonchev–Trinajstić information content (AvgIpc) is 3.05. The van der Waals surface area contributed by atoms with Crippen LogP contribution < -0.4 is 9.47 Å². The molecule has 44 heavy (non-hydrogen) atoms. The lowest BCUT2D eigenvalue weighted by molar-refractivity contribution is 0.0802. The van der Waals surface area contributed by atoms with E-state index in [9.17, 15) is 16.8 Å². The maximum absolute atomic E-state index is 13.3. The van der Waals surface area contributed by atoms with Crippen LogP contribution in [0.25, 0.3) is 0 Å². The van der Waals surface area contributed by atoms with Gasteiger partial charge >= 0.3 is 0 Å². The van der Waals surface area contributed by atoms with Gasteiger partial charge in [-0.1, -0.05) is 46.8 Å². The molecule has 0 radical (unpaired) electrons. The van der Waals surface area contributed by atoms with E-state index in [1.165, 1.54) is 24.3 Å². The number of hydrogen-bond donors (Lipinski definition) is 0. The van der Waals surface area contributed by atoms with Crippen molar-refractivity contribution in [1.82, 2.24) is 0 Å². The Labute approximate surface area is 262 Å². The smallest absolute Gasteiger partial charge is 0.206 e. The van der Waals surface area contributed by atoms with Gasteiger partial charge in [0.05, 0.1) is 19.6 Å². The second-order valence-corrected chi connectivity index (χ2v) is 15.5. The lowest BCUT2D eigenvalue weighted by Crippen LogP contribution is -2.30. The van der Waals surface area contributed by atoms with Gasteiger partial charge in [0.15, 0.2) is 0 Å². The van der Waals surface area contributed by atoms with Crippen molar-refractivity contribution in [3.63, 3.8) is 0 Å². The molecule has 0 spiro atoms. The third-order valence-electron chi connectivity index (χ3n) is 8.92. The lowest BCUT2D eigenvalue weighted by Gasteiger charge is -2.28. The van der Waals surface area contributed by atoms with Crippen LogP contribution in [0.3, 0.4) is 0 Å². The Balaban J connectivity index is 1.44. The number of rotatable bonds is 13. The zero-order valence-corrected chi connectivity index (χ0v) is 28.0. The predicted molar refractivity (Wildman–Crippen MR) is 174 cm³/mol. The minimum absolute atomic E-state index is 0.00983. The summed E-state index contributed by atoms with van der Waals surface area (Å²) >= 11 is 0. The van der Waals surface area contributed by atoms with E-state index in [1.54, 1.807) is 60.7 Å². The molecule has 4 rings (SSSR count). The van der Waals surface area contributed by atoms with E-state index >= 15 is 0 Å². The topological polar surface area (TPSA) is 86.7 Å². The maximum Gasteiger partial charge on any atom is 0.206 e. The van der Waals surface area contributed by atoms with Crippen LogP contribution in [0, 0.1) is 0 Å². The van der Waals surface area contributed by atoms with Gasteiger partial charge in [-0.05, 0) is 129 Å². The van der Waals surface area contributed by atoms with Gasteiger partial charge in [0.25, 0.3) is 0 Å². The molecular formula is C36H42O6S2. The standard InChI is InChI=1S/C36H42O6S2/c1-7-35(5,8-2)27-11-19-31(20-12-27)43(37,38)32-21-13-28(14-22-32)41-29-15-23-33(24-16-29)44(39,40)34-25-17-30(18-26-34)42-36(6,9-3)10-4/h11-26H,7-10H2,1-6H3. The number of hydrogen-bond acceptors (Lipinski definition) is 6. The van der Waals surface area contributed by atoms with Gasteiger partial charge < -0.3 is 9.47 Å². The van der Waals surface area contributed by atoms with E-state index in [0.29, 0.717) is 17.2 Å². The fourth-order valence-electron chi connectivity index (χ4n) is 4.84. The van der Waals surface area contributed by atoms with Crippen LogP contribution in [0.2, 0.25) is 0 Å². The summed E-state index contributed by atoms with van der Waals surface area (Å²) in [6.07, 6.45) is 3.62. The van der Waals surface area contributed by atoms with E-state index in [4.69, 9.17) is 9.47 Å². The van der Waals surface area contributed by atoms with E-state index in [-0.39, 0.29) is 30.6 Å². The molecule has 6 nitrogen and oxygen atoms in total. The molecule has 0 heterocycles. The van der Waals surface area contributed by atoms with Crippen molar-refractivity contribution in [3.05, 3.63) is 103 Å². The van der Waals surface area contributed by atoms with Crippen LogP contribution in [0.4, 0.5) is 0 Å². The van der Waals surface area contributed by atoms with Crippen LogP contribution in [0.15, 0.2) is 117 Å². The third kappa shape index (κ3) is 7.02. The van der Waals surface area contributed by atoms with E-state index in [0.717, 1.165) is 31.2 Å². The zero-order valence-electron chi connectivity index (χ0n) is 26.3. The number of sulfone groups is 2. The van der Waals surface area contributed by atoms with Gasteiger partial charge in [-0.15, -0.1) is 0 Å². The van der Waals surface area contributed by atoms with Gasteiger partial charge in [0, 0.05) is 0 Å². The summed E-state index contributed by atoms with van der Waals surface area (Å²) in [6.45, 7) is 12.6. The van der Waals surface area contributed by atoms with Crippen molar-refractivity contribution in [2.45, 2.75) is 97.8 Å². The molecule has 0 N–H and O–H groups in total. The summed E-state index contributed by atoms with van der Waals surface area (Å²) in [5.41, 5.74) is 0.830. The Bertz CT molecular complexity index is 1750. The SMILES string of the molecule is CCC(C)(CC)Oc1ccc(S(=O)(=O)c2ccc(Oc3ccc(S(=O)(=O)c4ccc(C(C)(CC)CC)cc4)cc3)cc2)cc1. The highest BCUT2D eigenvalue weighted by Gasteiger charge is 2.25. The van der Waals surface area contributed by atoms with Crippen LogP contribution in [0.5, 0.6) is 17.2 Å². The Morgan fingerprint density at radius 3 is 1.11 bits per heavy atom. The zero-order chi connectivity index (χ0) is 32.2. The molecule has 0 bridgehead atoms. The Hall–Kier alpha value is -3.62. The normalized spacial score (nSPS) is 12.6. The predicted octanol–water partition coefficient (Wildman–Crippen LogP) is 9.18. The van der Waals surface area contributed by atoms with Gasteiger partial charge in [-0.3, -0.25) is 0 Å². The molecule has 0 fully saturated rings. The molecule has 0 atom stereocenters. The first-order valence-electron chi connectivity index (χ1n) is 15.1. The summed E-state index contributed by atoms with van der Waals surface area (Å²) in [7, 11) is -7.44. The second kappa shape index (κ2) is 13.2. The fraction of sp³-hybridized carbons (Fsp3) is 0.333.